The van der Waals surface area contributed by atoms with Crippen molar-refractivity contribution >= 4 is 17.5 Å². The molecule has 1 aromatic rings. The molecule has 20 heavy (non-hydrogen) atoms. The first-order chi connectivity index (χ1) is 9.92. The van der Waals surface area contributed by atoms with Gasteiger partial charge in [-0.05, 0) is 49.3 Å². The maximum atomic E-state index is 4.84. The first kappa shape index (κ1) is 12.5. The first-order valence-electron chi connectivity index (χ1n) is 7.60. The van der Waals surface area contributed by atoms with Crippen LogP contribution in [0, 0.1) is 5.92 Å². The van der Waals surface area contributed by atoms with Crippen LogP contribution < -0.4 is 0 Å². The number of aliphatic imine (C=N–C) groups is 1. The molecule has 4 rings (SSSR count). The molecule has 0 bridgehead atoms. The highest BCUT2D eigenvalue weighted by molar-refractivity contribution is 8.03. The van der Waals surface area contributed by atoms with Crippen LogP contribution in [-0.2, 0) is 6.42 Å². The molecule has 0 aromatic heterocycles. The van der Waals surface area contributed by atoms with Gasteiger partial charge in [0, 0.05) is 28.0 Å². The molecule has 0 spiro atoms. The Hall–Kier alpha value is -1.28. The van der Waals surface area contributed by atoms with Gasteiger partial charge in [-0.1, -0.05) is 42.1 Å². The fourth-order valence-electron chi connectivity index (χ4n) is 3.41. The lowest BCUT2D eigenvalue weighted by molar-refractivity contribution is 0.690. The summed E-state index contributed by atoms with van der Waals surface area (Å²) in [5, 5.41) is 0. The summed E-state index contributed by atoms with van der Waals surface area (Å²) >= 11 is 1.99. The van der Waals surface area contributed by atoms with Crippen molar-refractivity contribution in [3.8, 4) is 0 Å². The van der Waals surface area contributed by atoms with Crippen LogP contribution in [0.15, 0.2) is 56.8 Å². The Balaban J connectivity index is 1.70. The number of hydrogen-bond donors (Lipinski definition) is 0. The second-order valence-corrected chi connectivity index (χ2v) is 6.88. The molecule has 1 aliphatic carbocycles. The van der Waals surface area contributed by atoms with Crippen LogP contribution in [0.3, 0.4) is 0 Å². The van der Waals surface area contributed by atoms with E-state index in [2.05, 4.69) is 36.4 Å². The zero-order chi connectivity index (χ0) is 13.4. The van der Waals surface area contributed by atoms with Gasteiger partial charge in [0.05, 0.1) is 0 Å². The molecule has 0 saturated carbocycles. The zero-order valence-electron chi connectivity index (χ0n) is 11.6. The molecule has 2 heteroatoms. The maximum absolute atomic E-state index is 4.84. The Morgan fingerprint density at radius 3 is 3.00 bits per heavy atom. The van der Waals surface area contributed by atoms with Gasteiger partial charge in [0.15, 0.2) is 0 Å². The normalized spacial score (nSPS) is 25.0. The lowest BCUT2D eigenvalue weighted by Crippen LogP contribution is -2.22. The third kappa shape index (κ3) is 2.16. The van der Waals surface area contributed by atoms with Crippen LogP contribution in [0.5, 0.6) is 0 Å². The molecular formula is C18H19NS. The number of nitrogens with zero attached hydrogens (tertiary/aromatic N) is 1. The van der Waals surface area contributed by atoms with Crippen LogP contribution >= 0.6 is 11.8 Å². The lowest BCUT2D eigenvalue weighted by Gasteiger charge is -2.31. The molecule has 0 radical (unpaired) electrons. The van der Waals surface area contributed by atoms with Crippen molar-refractivity contribution in [3.63, 3.8) is 0 Å². The molecule has 1 aromatic carbocycles. The van der Waals surface area contributed by atoms with Gasteiger partial charge in [-0.15, -0.1) is 0 Å². The van der Waals surface area contributed by atoms with E-state index in [1.165, 1.54) is 41.0 Å². The van der Waals surface area contributed by atoms with Crippen LogP contribution in [0.1, 0.15) is 31.2 Å². The van der Waals surface area contributed by atoms with E-state index in [4.69, 9.17) is 4.99 Å². The van der Waals surface area contributed by atoms with Crippen molar-refractivity contribution in [1.29, 1.82) is 0 Å². The molecule has 2 heterocycles. The van der Waals surface area contributed by atoms with E-state index in [0.717, 1.165) is 19.4 Å². The zero-order valence-corrected chi connectivity index (χ0v) is 12.5. The van der Waals surface area contributed by atoms with Gasteiger partial charge in [-0.2, -0.15) is 0 Å². The van der Waals surface area contributed by atoms with Crippen LogP contribution in [0.4, 0.5) is 0 Å². The van der Waals surface area contributed by atoms with Crippen molar-refractivity contribution < 1.29 is 0 Å². The lowest BCUT2D eigenvalue weighted by atomic mass is 9.86. The molecular weight excluding hydrogens is 262 g/mol. The summed E-state index contributed by atoms with van der Waals surface area (Å²) in [5.41, 5.74) is 4.46. The van der Waals surface area contributed by atoms with Gasteiger partial charge in [0.1, 0.15) is 0 Å². The molecule has 0 fully saturated rings. The van der Waals surface area contributed by atoms with Crippen LogP contribution in [0.25, 0.3) is 0 Å². The van der Waals surface area contributed by atoms with E-state index >= 15 is 0 Å². The van der Waals surface area contributed by atoms with Crippen molar-refractivity contribution in [3.05, 3.63) is 52.5 Å². The number of allylic oxidation sites excluding steroid dienone is 4. The smallest absolute Gasteiger partial charge is 0.0389 e. The predicted octanol–water partition coefficient (Wildman–Crippen LogP) is 4.79. The van der Waals surface area contributed by atoms with Gasteiger partial charge < -0.3 is 0 Å². The van der Waals surface area contributed by atoms with E-state index in [-0.39, 0.29) is 0 Å². The van der Waals surface area contributed by atoms with E-state index in [9.17, 15) is 0 Å². The summed E-state index contributed by atoms with van der Waals surface area (Å²) in [6.07, 6.45) is 10.7. The van der Waals surface area contributed by atoms with Crippen molar-refractivity contribution in [2.24, 2.45) is 10.9 Å². The molecule has 0 amide bonds. The Labute approximate surface area is 124 Å². The third-order valence-electron chi connectivity index (χ3n) is 4.46. The second-order valence-electron chi connectivity index (χ2n) is 5.80. The summed E-state index contributed by atoms with van der Waals surface area (Å²) < 4.78 is 0. The summed E-state index contributed by atoms with van der Waals surface area (Å²) in [4.78, 5) is 7.86. The molecule has 2 aliphatic heterocycles. The molecule has 0 saturated heterocycles. The maximum Gasteiger partial charge on any atom is 0.0389 e. The monoisotopic (exact) mass is 281 g/mol. The number of rotatable bonds is 1. The van der Waals surface area contributed by atoms with E-state index in [1.54, 1.807) is 4.91 Å². The average Bonchev–Trinajstić information content (AvgIpc) is 2.53. The minimum absolute atomic E-state index is 0.564. The van der Waals surface area contributed by atoms with E-state index in [0.29, 0.717) is 5.92 Å². The summed E-state index contributed by atoms with van der Waals surface area (Å²) in [6, 6.07) is 8.84. The average molecular weight is 281 g/mol. The molecule has 1 atom stereocenters. The highest BCUT2D eigenvalue weighted by Crippen LogP contribution is 2.46. The van der Waals surface area contributed by atoms with E-state index in [1.807, 2.05) is 11.8 Å². The number of fused-ring (bicyclic) bond motifs is 1. The van der Waals surface area contributed by atoms with Crippen LogP contribution in [-0.4, -0.2) is 12.3 Å². The Morgan fingerprint density at radius 2 is 2.10 bits per heavy atom. The van der Waals surface area contributed by atoms with Crippen molar-refractivity contribution in [2.75, 3.05) is 6.54 Å². The fourth-order valence-corrected chi connectivity index (χ4v) is 4.71. The van der Waals surface area contributed by atoms with E-state index < -0.39 is 0 Å². The molecule has 3 aliphatic rings. The Kier molecular flexibility index (Phi) is 3.27. The Morgan fingerprint density at radius 1 is 1.15 bits per heavy atom. The van der Waals surface area contributed by atoms with Gasteiger partial charge in [-0.25, -0.2) is 0 Å². The highest BCUT2D eigenvalue weighted by atomic mass is 32.2. The van der Waals surface area contributed by atoms with Crippen molar-refractivity contribution in [1.82, 2.24) is 0 Å². The fraction of sp³-hybridized carbons (Fsp3) is 0.389. The molecule has 1 unspecified atom stereocenters. The number of benzene rings is 1. The molecule has 102 valence electrons. The SMILES string of the molecule is C1=CC2=C(Sc3ccccc3C2)C(C2=NCCCC2)C1. The molecule has 1 nitrogen and oxygen atoms in total. The summed E-state index contributed by atoms with van der Waals surface area (Å²) in [6.45, 7) is 1.04. The quantitative estimate of drug-likeness (QED) is 0.721. The standard InChI is InChI=1S/C18H19NS/c1-2-10-17-13(6-1)12-14-7-5-8-15(18(14)20-17)16-9-3-4-11-19-16/h1-2,5-7,10,15H,3-4,8-9,11-12H2. The predicted molar refractivity (Wildman–Crippen MR) is 86.4 cm³/mol. The topological polar surface area (TPSA) is 12.4 Å². The first-order valence-corrected chi connectivity index (χ1v) is 8.42. The van der Waals surface area contributed by atoms with Crippen molar-refractivity contribution in [2.45, 2.75) is 37.0 Å². The van der Waals surface area contributed by atoms with Gasteiger partial charge in [-0.3, -0.25) is 4.99 Å². The summed E-state index contributed by atoms with van der Waals surface area (Å²) in [7, 11) is 0. The van der Waals surface area contributed by atoms with Crippen LogP contribution in [0.2, 0.25) is 0 Å². The van der Waals surface area contributed by atoms with Gasteiger partial charge in [0.2, 0.25) is 0 Å². The molecule has 0 N–H and O–H groups in total. The highest BCUT2D eigenvalue weighted by Gasteiger charge is 2.29. The second kappa shape index (κ2) is 5.25. The summed E-state index contributed by atoms with van der Waals surface area (Å²) in [5.74, 6) is 0.564. The third-order valence-corrected chi connectivity index (χ3v) is 5.84. The van der Waals surface area contributed by atoms with Gasteiger partial charge in [0.25, 0.3) is 0 Å². The minimum atomic E-state index is 0.564. The van der Waals surface area contributed by atoms with Gasteiger partial charge >= 0.3 is 0 Å². The Bertz CT molecular complexity index is 624. The number of hydrogen-bond acceptors (Lipinski definition) is 2. The minimum Gasteiger partial charge on any atom is -0.293 e. The number of thioether (sulfide) groups is 1. The largest absolute Gasteiger partial charge is 0.293 e.